The normalized spacial score (nSPS) is 17.8. The molecule has 1 aliphatic carbocycles. The number of nitrogens with zero attached hydrogens (tertiary/aromatic N) is 5. The minimum atomic E-state index is -0.433. The molecule has 202 valence electrons. The lowest BCUT2D eigenvalue weighted by Crippen LogP contribution is -2.48. The predicted octanol–water partition coefficient (Wildman–Crippen LogP) is 4.22. The predicted molar refractivity (Wildman–Crippen MR) is 149 cm³/mol. The Bertz CT molecular complexity index is 1660. The van der Waals surface area contributed by atoms with Crippen molar-refractivity contribution in [2.45, 2.75) is 38.3 Å². The summed E-state index contributed by atoms with van der Waals surface area (Å²) in [6.07, 6.45) is 8.30. The number of rotatable bonds is 7. The van der Waals surface area contributed by atoms with Crippen LogP contribution in [-0.4, -0.2) is 50.1 Å². The molecule has 13 heteroatoms. The Morgan fingerprint density at radius 2 is 1.98 bits per heavy atom. The highest BCUT2D eigenvalue weighted by Crippen LogP contribution is 2.46. The van der Waals surface area contributed by atoms with Gasteiger partial charge in [-0.1, -0.05) is 6.58 Å². The van der Waals surface area contributed by atoms with Gasteiger partial charge in [0.25, 0.3) is 5.91 Å². The second-order valence-corrected chi connectivity index (χ2v) is 10.4. The maximum atomic E-state index is 13.5. The third-order valence-electron chi connectivity index (χ3n) is 6.85. The molecule has 40 heavy (non-hydrogen) atoms. The average molecular weight is 557 g/mol. The minimum Gasteiger partial charge on any atom is -0.419 e. The Labute approximate surface area is 232 Å². The van der Waals surface area contributed by atoms with E-state index in [1.165, 1.54) is 22.3 Å². The number of carbonyl (C=O) groups is 3. The van der Waals surface area contributed by atoms with Crippen LogP contribution >= 0.6 is 11.3 Å². The molecular weight excluding hydrogens is 532 g/mol. The van der Waals surface area contributed by atoms with Gasteiger partial charge in [-0.15, -0.1) is 16.4 Å². The van der Waals surface area contributed by atoms with Gasteiger partial charge < -0.3 is 20.7 Å². The van der Waals surface area contributed by atoms with Crippen LogP contribution in [0.4, 0.5) is 21.9 Å². The fourth-order valence-electron chi connectivity index (χ4n) is 5.03. The fraction of sp³-hybridized carbons (Fsp3) is 0.222. The van der Waals surface area contributed by atoms with E-state index in [0.29, 0.717) is 43.9 Å². The van der Waals surface area contributed by atoms with Crippen LogP contribution in [-0.2, 0) is 4.79 Å². The number of hydrogen-bond acceptors (Lipinski definition) is 9. The molecular formula is C27H24N8O4S. The van der Waals surface area contributed by atoms with Crippen LogP contribution in [0.25, 0.3) is 10.2 Å². The summed E-state index contributed by atoms with van der Waals surface area (Å²) in [5.41, 5.74) is 2.29. The Hall–Kier alpha value is -4.91. The maximum absolute atomic E-state index is 13.5. The van der Waals surface area contributed by atoms with Crippen molar-refractivity contribution >= 4 is 56.5 Å². The minimum absolute atomic E-state index is 0.185. The Morgan fingerprint density at radius 3 is 2.73 bits per heavy atom. The third kappa shape index (κ3) is 4.60. The summed E-state index contributed by atoms with van der Waals surface area (Å²) in [5.74, 6) is 0.00592. The summed E-state index contributed by atoms with van der Waals surface area (Å²) in [5, 5.41) is 17.2. The van der Waals surface area contributed by atoms with Crippen LogP contribution in [0.1, 0.15) is 34.5 Å². The average Bonchev–Trinajstić information content (AvgIpc) is 3.55. The highest BCUT2D eigenvalue weighted by atomic mass is 32.1. The highest BCUT2D eigenvalue weighted by Gasteiger charge is 2.35. The number of anilines is 3. The molecule has 2 aliphatic rings. The summed E-state index contributed by atoms with van der Waals surface area (Å²) in [6.45, 7) is 5.34. The van der Waals surface area contributed by atoms with Crippen molar-refractivity contribution in [2.24, 2.45) is 0 Å². The van der Waals surface area contributed by atoms with Crippen molar-refractivity contribution in [3.05, 3.63) is 66.0 Å². The zero-order chi connectivity index (χ0) is 27.8. The first-order valence-electron chi connectivity index (χ1n) is 12.6. The van der Waals surface area contributed by atoms with Crippen LogP contribution in [0.15, 0.2) is 55.5 Å². The van der Waals surface area contributed by atoms with Crippen molar-refractivity contribution < 1.29 is 19.1 Å². The Morgan fingerprint density at radius 1 is 1.15 bits per heavy atom. The number of hydrogen-bond donors (Lipinski definition) is 3. The van der Waals surface area contributed by atoms with Gasteiger partial charge in [0.05, 0.1) is 28.6 Å². The van der Waals surface area contributed by atoms with Crippen molar-refractivity contribution in [3.8, 4) is 11.8 Å². The van der Waals surface area contributed by atoms with Gasteiger partial charge in [-0.25, -0.2) is 14.8 Å². The van der Waals surface area contributed by atoms with Gasteiger partial charge in [0.1, 0.15) is 9.71 Å². The van der Waals surface area contributed by atoms with Gasteiger partial charge in [0.2, 0.25) is 17.7 Å². The Kier molecular flexibility index (Phi) is 6.56. The standard InChI is InChI=1S/C27H24N8O4S/c1-3-19(36)31-15-6-4-7-16(15)32-25(37)24-23-22-17(9-11-28-26(22)40-24)35(27(38)33-23)18-13-29-21(12-14(18)2)39-20-8-5-10-30-34-20/h3,5,8-13,15-16H,1,4,6-7H2,2H3,(H,31,36)(H,32,37)(H,33,38)/t15-,16+/m0/s1. The molecule has 4 aromatic rings. The second-order valence-electron chi connectivity index (χ2n) is 9.39. The summed E-state index contributed by atoms with van der Waals surface area (Å²) in [6, 6.07) is 5.97. The quantitative estimate of drug-likeness (QED) is 0.286. The van der Waals surface area contributed by atoms with Crippen LogP contribution in [0.3, 0.4) is 0 Å². The summed E-state index contributed by atoms with van der Waals surface area (Å²) in [4.78, 5) is 50.0. The van der Waals surface area contributed by atoms with Crippen molar-refractivity contribution in [1.29, 1.82) is 0 Å². The zero-order valence-corrected chi connectivity index (χ0v) is 22.2. The lowest BCUT2D eigenvalue weighted by Gasteiger charge is -2.29. The van der Waals surface area contributed by atoms with Gasteiger partial charge >= 0.3 is 6.03 Å². The summed E-state index contributed by atoms with van der Waals surface area (Å²) in [7, 11) is 0. The number of amides is 4. The molecule has 0 spiro atoms. The van der Waals surface area contributed by atoms with Crippen LogP contribution in [0.5, 0.6) is 11.8 Å². The van der Waals surface area contributed by atoms with Crippen LogP contribution in [0, 0.1) is 6.92 Å². The molecule has 2 atom stereocenters. The molecule has 0 saturated heterocycles. The fourth-order valence-corrected chi connectivity index (χ4v) is 6.05. The number of carbonyl (C=O) groups excluding carboxylic acids is 3. The molecule has 1 aliphatic heterocycles. The van der Waals surface area contributed by atoms with E-state index in [1.807, 2.05) is 6.92 Å². The number of nitrogens with one attached hydrogen (secondary N) is 3. The first kappa shape index (κ1) is 25.4. The molecule has 0 radical (unpaired) electrons. The van der Waals surface area contributed by atoms with Gasteiger partial charge in [-0.3, -0.25) is 14.5 Å². The zero-order valence-electron chi connectivity index (χ0n) is 21.4. The van der Waals surface area contributed by atoms with Gasteiger partial charge in [-0.05, 0) is 50.0 Å². The van der Waals surface area contributed by atoms with Crippen molar-refractivity contribution in [3.63, 3.8) is 0 Å². The first-order chi connectivity index (χ1) is 19.4. The number of aromatic nitrogens is 4. The van der Waals surface area contributed by atoms with E-state index in [2.05, 4.69) is 42.7 Å². The summed E-state index contributed by atoms with van der Waals surface area (Å²) >= 11 is 1.20. The van der Waals surface area contributed by atoms with Crippen LogP contribution in [0.2, 0.25) is 0 Å². The number of urea groups is 1. The molecule has 12 nitrogen and oxygen atoms in total. The van der Waals surface area contributed by atoms with Gasteiger partial charge in [0.15, 0.2) is 0 Å². The molecule has 0 unspecified atom stereocenters. The van der Waals surface area contributed by atoms with Crippen molar-refractivity contribution in [1.82, 2.24) is 30.8 Å². The molecule has 4 amide bonds. The van der Waals surface area contributed by atoms with E-state index >= 15 is 0 Å². The van der Waals surface area contributed by atoms with E-state index in [9.17, 15) is 14.4 Å². The third-order valence-corrected chi connectivity index (χ3v) is 7.95. The van der Waals surface area contributed by atoms with E-state index in [4.69, 9.17) is 4.74 Å². The Balaban J connectivity index is 1.30. The molecule has 0 aromatic carbocycles. The molecule has 3 N–H and O–H groups in total. The first-order valence-corrected chi connectivity index (χ1v) is 13.4. The number of ether oxygens (including phenoxy) is 1. The highest BCUT2D eigenvalue weighted by molar-refractivity contribution is 7.21. The van der Waals surface area contributed by atoms with Crippen LogP contribution < -0.4 is 25.6 Å². The van der Waals surface area contributed by atoms with E-state index in [1.54, 1.807) is 42.9 Å². The van der Waals surface area contributed by atoms with E-state index in [-0.39, 0.29) is 23.9 Å². The number of aryl methyl sites for hydroxylation is 1. The molecule has 1 fully saturated rings. The molecule has 0 bridgehead atoms. The molecule has 6 rings (SSSR count). The monoisotopic (exact) mass is 556 g/mol. The lowest BCUT2D eigenvalue weighted by molar-refractivity contribution is -0.117. The van der Waals surface area contributed by atoms with Gasteiger partial charge in [-0.2, -0.15) is 5.10 Å². The number of pyridine rings is 2. The topological polar surface area (TPSA) is 151 Å². The van der Waals surface area contributed by atoms with Gasteiger partial charge in [0, 0.05) is 36.6 Å². The maximum Gasteiger partial charge on any atom is 0.331 e. The summed E-state index contributed by atoms with van der Waals surface area (Å²) < 4.78 is 5.68. The molecule has 1 saturated carbocycles. The SMILES string of the molecule is C=CC(=O)N[C@H]1CCC[C@H]1NC(=O)c1sc2nccc3c2c1NC(=O)N3c1cnc(Oc2cccnn2)cc1C. The van der Waals surface area contributed by atoms with Crippen molar-refractivity contribution in [2.75, 3.05) is 10.2 Å². The molecule has 4 aromatic heterocycles. The van der Waals surface area contributed by atoms with E-state index < -0.39 is 6.03 Å². The lowest BCUT2D eigenvalue weighted by atomic mass is 10.1. The van der Waals surface area contributed by atoms with E-state index in [0.717, 1.165) is 24.8 Å². The largest absolute Gasteiger partial charge is 0.419 e. The molecule has 5 heterocycles. The smallest absolute Gasteiger partial charge is 0.331 e. The second kappa shape index (κ2) is 10.3. The number of thiophene rings is 1.